The van der Waals surface area contributed by atoms with Crippen molar-refractivity contribution in [3.8, 4) is 11.5 Å². The fourth-order valence-corrected chi connectivity index (χ4v) is 3.83. The highest BCUT2D eigenvalue weighted by Crippen LogP contribution is 2.35. The number of benzene rings is 1. The summed E-state index contributed by atoms with van der Waals surface area (Å²) >= 11 is 0. The predicted molar refractivity (Wildman–Crippen MR) is 103 cm³/mol. The molecular weight excluding hydrogens is 344 g/mol. The van der Waals surface area contributed by atoms with Crippen LogP contribution >= 0.6 is 0 Å². The quantitative estimate of drug-likeness (QED) is 0.769. The average Bonchev–Trinajstić information content (AvgIpc) is 3.28. The summed E-state index contributed by atoms with van der Waals surface area (Å²) in [5.74, 6) is 1.49. The van der Waals surface area contributed by atoms with Crippen LogP contribution < -0.4 is 20.1 Å². The smallest absolute Gasteiger partial charge is 0.242 e. The highest BCUT2D eigenvalue weighted by atomic mass is 16.5. The van der Waals surface area contributed by atoms with E-state index < -0.39 is 6.04 Å². The van der Waals surface area contributed by atoms with Crippen LogP contribution in [0.5, 0.6) is 11.5 Å². The van der Waals surface area contributed by atoms with Crippen LogP contribution in [0.25, 0.3) is 0 Å². The van der Waals surface area contributed by atoms with E-state index in [4.69, 9.17) is 9.47 Å². The number of rotatable bonds is 7. The molecule has 0 bridgehead atoms. The molecule has 2 N–H and O–H groups in total. The first-order valence-corrected chi connectivity index (χ1v) is 10.0. The summed E-state index contributed by atoms with van der Waals surface area (Å²) in [4.78, 5) is 24.6. The molecule has 0 spiro atoms. The molecule has 0 unspecified atom stereocenters. The van der Waals surface area contributed by atoms with Crippen molar-refractivity contribution < 1.29 is 19.1 Å². The third-order valence-corrected chi connectivity index (χ3v) is 5.31. The Morgan fingerprint density at radius 2 is 2.04 bits per heavy atom. The molecular formula is C21H30N2O4. The van der Waals surface area contributed by atoms with E-state index in [0.717, 1.165) is 54.7 Å². The Kier molecular flexibility index (Phi) is 6.24. The van der Waals surface area contributed by atoms with E-state index in [9.17, 15) is 9.59 Å². The Morgan fingerprint density at radius 3 is 2.74 bits per heavy atom. The number of carbonyl (C=O) groups is 2. The van der Waals surface area contributed by atoms with Gasteiger partial charge in [-0.2, -0.15) is 0 Å². The maximum Gasteiger partial charge on any atom is 0.242 e. The van der Waals surface area contributed by atoms with Gasteiger partial charge >= 0.3 is 0 Å². The molecule has 1 aliphatic carbocycles. The molecule has 0 saturated heterocycles. The summed E-state index contributed by atoms with van der Waals surface area (Å²) < 4.78 is 11.6. The second kappa shape index (κ2) is 8.63. The van der Waals surface area contributed by atoms with E-state index in [2.05, 4.69) is 10.6 Å². The van der Waals surface area contributed by atoms with Gasteiger partial charge in [0.25, 0.3) is 0 Å². The number of fused-ring (bicyclic) bond motifs is 1. The molecule has 1 fully saturated rings. The first-order valence-electron chi connectivity index (χ1n) is 10.0. The van der Waals surface area contributed by atoms with Crippen LogP contribution in [-0.2, 0) is 22.6 Å². The van der Waals surface area contributed by atoms with Crippen molar-refractivity contribution in [1.82, 2.24) is 10.6 Å². The number of ether oxygens (including phenoxy) is 2. The SMILES string of the molecule is CCOc1cc2c(cc1CNC(=O)[C@H](C)NC(=O)C1CCCC1)O[C@H](C)C2. The molecule has 3 rings (SSSR count). The first-order chi connectivity index (χ1) is 13.0. The summed E-state index contributed by atoms with van der Waals surface area (Å²) in [7, 11) is 0. The molecule has 2 aliphatic rings. The molecule has 1 aromatic carbocycles. The maximum absolute atomic E-state index is 12.4. The number of hydrogen-bond donors (Lipinski definition) is 2. The summed E-state index contributed by atoms with van der Waals surface area (Å²) in [5.41, 5.74) is 2.02. The largest absolute Gasteiger partial charge is 0.494 e. The zero-order chi connectivity index (χ0) is 19.4. The highest BCUT2D eigenvalue weighted by molar-refractivity contribution is 5.88. The van der Waals surface area contributed by atoms with Crippen LogP contribution in [0.2, 0.25) is 0 Å². The van der Waals surface area contributed by atoms with Crippen molar-refractivity contribution in [1.29, 1.82) is 0 Å². The van der Waals surface area contributed by atoms with Gasteiger partial charge in [-0.3, -0.25) is 9.59 Å². The van der Waals surface area contributed by atoms with Gasteiger partial charge < -0.3 is 20.1 Å². The summed E-state index contributed by atoms with van der Waals surface area (Å²) in [6.07, 6.45) is 5.06. The van der Waals surface area contributed by atoms with Crippen molar-refractivity contribution >= 4 is 11.8 Å². The second-order valence-corrected chi connectivity index (χ2v) is 7.56. The lowest BCUT2D eigenvalue weighted by Gasteiger charge is -2.18. The fourth-order valence-electron chi connectivity index (χ4n) is 3.83. The summed E-state index contributed by atoms with van der Waals surface area (Å²) in [5, 5.41) is 5.74. The standard InChI is InChI=1S/C21H30N2O4/c1-4-26-18-10-16-9-13(2)27-19(16)11-17(18)12-22-20(24)14(3)23-21(25)15-7-5-6-8-15/h10-11,13-15H,4-9,12H2,1-3H3,(H,22,24)(H,23,25)/t13-,14+/m1/s1. The number of nitrogens with one attached hydrogen (secondary N) is 2. The van der Waals surface area contributed by atoms with Gasteiger partial charge in [-0.25, -0.2) is 0 Å². The molecule has 0 aromatic heterocycles. The van der Waals surface area contributed by atoms with E-state index in [0.29, 0.717) is 13.2 Å². The van der Waals surface area contributed by atoms with Crippen molar-refractivity contribution in [3.63, 3.8) is 0 Å². The number of amides is 2. The molecule has 1 aromatic rings. The first kappa shape index (κ1) is 19.5. The van der Waals surface area contributed by atoms with Crippen LogP contribution in [0.4, 0.5) is 0 Å². The second-order valence-electron chi connectivity index (χ2n) is 7.56. The fraction of sp³-hybridized carbons (Fsp3) is 0.619. The Bertz CT molecular complexity index is 698. The topological polar surface area (TPSA) is 76.7 Å². The molecule has 148 valence electrons. The third kappa shape index (κ3) is 4.73. The lowest BCUT2D eigenvalue weighted by molar-refractivity contribution is -0.130. The van der Waals surface area contributed by atoms with Crippen LogP contribution in [0.15, 0.2) is 12.1 Å². The van der Waals surface area contributed by atoms with Crippen LogP contribution in [-0.4, -0.2) is 30.6 Å². The molecule has 6 nitrogen and oxygen atoms in total. The van der Waals surface area contributed by atoms with E-state index in [1.165, 1.54) is 0 Å². The highest BCUT2D eigenvalue weighted by Gasteiger charge is 2.26. The van der Waals surface area contributed by atoms with Gasteiger partial charge in [0.05, 0.1) is 6.61 Å². The van der Waals surface area contributed by atoms with Gasteiger partial charge in [-0.05, 0) is 45.7 Å². The number of hydrogen-bond acceptors (Lipinski definition) is 4. The van der Waals surface area contributed by atoms with Gasteiger partial charge in [0.2, 0.25) is 11.8 Å². The Hall–Kier alpha value is -2.24. The lowest BCUT2D eigenvalue weighted by atomic mass is 10.1. The van der Waals surface area contributed by atoms with Crippen molar-refractivity contribution in [2.75, 3.05) is 6.61 Å². The molecule has 2 atom stereocenters. The van der Waals surface area contributed by atoms with Crippen molar-refractivity contribution in [2.45, 2.75) is 71.6 Å². The lowest BCUT2D eigenvalue weighted by Crippen LogP contribution is -2.46. The minimum atomic E-state index is -0.556. The summed E-state index contributed by atoms with van der Waals surface area (Å²) in [6.45, 7) is 6.60. The van der Waals surface area contributed by atoms with E-state index >= 15 is 0 Å². The molecule has 1 aliphatic heterocycles. The zero-order valence-electron chi connectivity index (χ0n) is 16.5. The normalized spacial score (nSPS) is 19.9. The average molecular weight is 374 g/mol. The van der Waals surface area contributed by atoms with Gasteiger partial charge in [0.1, 0.15) is 23.6 Å². The molecule has 1 saturated carbocycles. The molecule has 2 amide bonds. The van der Waals surface area contributed by atoms with Gasteiger partial charge in [0.15, 0.2) is 0 Å². The van der Waals surface area contributed by atoms with Gasteiger partial charge in [-0.1, -0.05) is 12.8 Å². The van der Waals surface area contributed by atoms with Crippen LogP contribution in [0.1, 0.15) is 57.6 Å². The minimum absolute atomic E-state index is 0.00919. The van der Waals surface area contributed by atoms with Crippen molar-refractivity contribution in [3.05, 3.63) is 23.3 Å². The maximum atomic E-state index is 12.4. The monoisotopic (exact) mass is 374 g/mol. The Morgan fingerprint density at radius 1 is 1.30 bits per heavy atom. The number of carbonyl (C=O) groups excluding carboxylic acids is 2. The van der Waals surface area contributed by atoms with Gasteiger partial charge in [0, 0.05) is 30.0 Å². The Labute approximate surface area is 161 Å². The summed E-state index contributed by atoms with van der Waals surface area (Å²) in [6, 6.07) is 3.40. The molecule has 27 heavy (non-hydrogen) atoms. The molecule has 0 radical (unpaired) electrons. The van der Waals surface area contributed by atoms with E-state index in [1.54, 1.807) is 6.92 Å². The van der Waals surface area contributed by atoms with Crippen molar-refractivity contribution in [2.24, 2.45) is 5.92 Å². The predicted octanol–water partition coefficient (Wildman–Crippen LogP) is 2.72. The van der Waals surface area contributed by atoms with Crippen LogP contribution in [0.3, 0.4) is 0 Å². The van der Waals surface area contributed by atoms with E-state index in [-0.39, 0.29) is 23.8 Å². The Balaban J connectivity index is 1.59. The van der Waals surface area contributed by atoms with Gasteiger partial charge in [-0.15, -0.1) is 0 Å². The molecule has 6 heteroatoms. The van der Waals surface area contributed by atoms with E-state index in [1.807, 2.05) is 26.0 Å². The molecule has 1 heterocycles. The third-order valence-electron chi connectivity index (χ3n) is 5.31. The minimum Gasteiger partial charge on any atom is -0.494 e. The van der Waals surface area contributed by atoms with Crippen LogP contribution in [0, 0.1) is 5.92 Å². The zero-order valence-corrected chi connectivity index (χ0v) is 16.5.